The van der Waals surface area contributed by atoms with Gasteiger partial charge in [-0.15, -0.1) is 0 Å². The van der Waals surface area contributed by atoms with Crippen molar-refractivity contribution in [2.75, 3.05) is 0 Å². The third-order valence-electron chi connectivity index (χ3n) is 4.25. The van der Waals surface area contributed by atoms with Crippen LogP contribution in [0.1, 0.15) is 79.7 Å². The maximum Gasteiger partial charge on any atom is 0.161 e. The first kappa shape index (κ1) is 13.3. The number of rotatable bonds is 2. The lowest BCUT2D eigenvalue weighted by Crippen LogP contribution is -2.20. The zero-order chi connectivity index (χ0) is 13.4. The number of fused-ring (bicyclic) bond motifs is 1. The van der Waals surface area contributed by atoms with Gasteiger partial charge in [-0.1, -0.05) is 20.8 Å². The molecule has 1 aromatic rings. The number of carbonyl (C=O) groups is 1. The van der Waals surface area contributed by atoms with E-state index in [1.807, 2.05) is 6.92 Å². The molecule has 1 heterocycles. The minimum atomic E-state index is 0.127. The maximum atomic E-state index is 11.6. The highest BCUT2D eigenvalue weighted by atomic mass is 16.1. The molecule has 2 rings (SSSR count). The quantitative estimate of drug-likeness (QED) is 0.730. The molecule has 0 spiro atoms. The maximum absolute atomic E-state index is 11.6. The van der Waals surface area contributed by atoms with E-state index in [0.29, 0.717) is 17.8 Å². The molecule has 2 heteroatoms. The smallest absolute Gasteiger partial charge is 0.161 e. The molecule has 0 radical (unpaired) electrons. The van der Waals surface area contributed by atoms with Gasteiger partial charge in [-0.3, -0.25) is 9.78 Å². The Morgan fingerprint density at radius 1 is 1.39 bits per heavy atom. The Labute approximate surface area is 110 Å². The summed E-state index contributed by atoms with van der Waals surface area (Å²) in [5.41, 5.74) is 4.23. The number of aromatic nitrogens is 1. The molecular formula is C16H23NO. The van der Waals surface area contributed by atoms with Crippen LogP contribution in [0.4, 0.5) is 0 Å². The Kier molecular flexibility index (Phi) is 3.56. The van der Waals surface area contributed by atoms with Crippen molar-refractivity contribution >= 4 is 5.78 Å². The van der Waals surface area contributed by atoms with E-state index in [0.717, 1.165) is 11.3 Å². The van der Waals surface area contributed by atoms with E-state index in [9.17, 15) is 4.79 Å². The number of aryl methyl sites for hydroxylation is 1. The Balaban J connectivity index is 2.57. The number of pyridine rings is 1. The first-order chi connectivity index (χ1) is 8.41. The number of hydrogen-bond acceptors (Lipinski definition) is 2. The van der Waals surface area contributed by atoms with E-state index >= 15 is 0 Å². The number of carbonyl (C=O) groups excluding carboxylic acids is 1. The zero-order valence-electron chi connectivity index (χ0n) is 12.1. The first-order valence-corrected chi connectivity index (χ1v) is 6.94. The molecule has 0 aliphatic heterocycles. The first-order valence-electron chi connectivity index (χ1n) is 6.94. The van der Waals surface area contributed by atoms with E-state index in [-0.39, 0.29) is 5.78 Å². The van der Waals surface area contributed by atoms with Crippen LogP contribution < -0.4 is 0 Å². The molecule has 2 unspecified atom stereocenters. The van der Waals surface area contributed by atoms with Gasteiger partial charge in [0.15, 0.2) is 5.78 Å². The third-order valence-corrected chi connectivity index (χ3v) is 4.25. The van der Waals surface area contributed by atoms with Gasteiger partial charge in [0.25, 0.3) is 0 Å². The molecule has 1 aliphatic rings. The fourth-order valence-corrected chi connectivity index (χ4v) is 3.06. The van der Waals surface area contributed by atoms with Gasteiger partial charge in [0.2, 0.25) is 0 Å². The standard InChI is InChI=1S/C16H23NO/c1-9(2)13-7-6-10(3)14-8-15(12(5)18)11(4)17-16(13)14/h8-10,13H,6-7H2,1-5H3. The van der Waals surface area contributed by atoms with Gasteiger partial charge in [-0.25, -0.2) is 0 Å². The second-order valence-corrected chi connectivity index (χ2v) is 5.98. The van der Waals surface area contributed by atoms with E-state index in [1.165, 1.54) is 24.1 Å². The van der Waals surface area contributed by atoms with Crippen LogP contribution in [0.15, 0.2) is 6.07 Å². The molecule has 0 fully saturated rings. The average molecular weight is 245 g/mol. The molecule has 2 atom stereocenters. The summed E-state index contributed by atoms with van der Waals surface area (Å²) in [6, 6.07) is 2.10. The highest BCUT2D eigenvalue weighted by molar-refractivity contribution is 5.95. The van der Waals surface area contributed by atoms with Crippen LogP contribution in [-0.4, -0.2) is 10.8 Å². The highest BCUT2D eigenvalue weighted by Crippen LogP contribution is 2.41. The molecule has 0 aromatic carbocycles. The molecule has 0 N–H and O–H groups in total. The molecule has 18 heavy (non-hydrogen) atoms. The van der Waals surface area contributed by atoms with Gasteiger partial charge in [0.1, 0.15) is 0 Å². The van der Waals surface area contributed by atoms with Crippen LogP contribution >= 0.6 is 0 Å². The van der Waals surface area contributed by atoms with Gasteiger partial charge in [0.05, 0.1) is 0 Å². The van der Waals surface area contributed by atoms with Crippen LogP contribution in [0.2, 0.25) is 0 Å². The van der Waals surface area contributed by atoms with Crippen molar-refractivity contribution in [3.05, 3.63) is 28.6 Å². The second-order valence-electron chi connectivity index (χ2n) is 5.98. The summed E-state index contributed by atoms with van der Waals surface area (Å²) < 4.78 is 0. The van der Waals surface area contributed by atoms with Crippen molar-refractivity contribution in [3.8, 4) is 0 Å². The van der Waals surface area contributed by atoms with Crippen molar-refractivity contribution in [2.45, 2.75) is 59.3 Å². The Morgan fingerprint density at radius 3 is 2.61 bits per heavy atom. The average Bonchev–Trinajstić information content (AvgIpc) is 2.27. The zero-order valence-corrected chi connectivity index (χ0v) is 12.1. The fraction of sp³-hybridized carbons (Fsp3) is 0.625. The van der Waals surface area contributed by atoms with Gasteiger partial charge < -0.3 is 0 Å². The van der Waals surface area contributed by atoms with Crippen LogP contribution in [0.5, 0.6) is 0 Å². The molecule has 2 nitrogen and oxygen atoms in total. The Hall–Kier alpha value is -1.18. The number of hydrogen-bond donors (Lipinski definition) is 0. The van der Waals surface area contributed by atoms with Crippen LogP contribution in [-0.2, 0) is 0 Å². The molecule has 0 saturated carbocycles. The van der Waals surface area contributed by atoms with Crippen molar-refractivity contribution in [2.24, 2.45) is 5.92 Å². The minimum absolute atomic E-state index is 0.127. The third kappa shape index (κ3) is 2.21. The van der Waals surface area contributed by atoms with E-state index in [2.05, 4.69) is 26.8 Å². The second kappa shape index (κ2) is 4.83. The van der Waals surface area contributed by atoms with E-state index < -0.39 is 0 Å². The predicted molar refractivity (Wildman–Crippen MR) is 74.2 cm³/mol. The van der Waals surface area contributed by atoms with Gasteiger partial charge in [-0.2, -0.15) is 0 Å². The topological polar surface area (TPSA) is 30.0 Å². The van der Waals surface area contributed by atoms with Gasteiger partial charge in [-0.05, 0) is 50.2 Å². The minimum Gasteiger partial charge on any atom is -0.294 e. The normalized spacial score (nSPS) is 23.0. The summed E-state index contributed by atoms with van der Waals surface area (Å²) >= 11 is 0. The summed E-state index contributed by atoms with van der Waals surface area (Å²) in [5, 5.41) is 0. The highest BCUT2D eigenvalue weighted by Gasteiger charge is 2.29. The molecule has 0 amide bonds. The molecular weight excluding hydrogens is 222 g/mol. The fourth-order valence-electron chi connectivity index (χ4n) is 3.06. The number of nitrogens with zero attached hydrogens (tertiary/aromatic N) is 1. The summed E-state index contributed by atoms with van der Waals surface area (Å²) in [6.45, 7) is 10.4. The van der Waals surface area contributed by atoms with E-state index in [1.54, 1.807) is 6.92 Å². The summed E-state index contributed by atoms with van der Waals surface area (Å²) in [4.78, 5) is 16.4. The molecule has 98 valence electrons. The lowest BCUT2D eigenvalue weighted by molar-refractivity contribution is 0.101. The van der Waals surface area contributed by atoms with Crippen LogP contribution in [0.3, 0.4) is 0 Å². The van der Waals surface area contributed by atoms with Crippen molar-refractivity contribution in [3.63, 3.8) is 0 Å². The van der Waals surface area contributed by atoms with Crippen molar-refractivity contribution in [1.29, 1.82) is 0 Å². The lowest BCUT2D eigenvalue weighted by atomic mass is 9.75. The van der Waals surface area contributed by atoms with E-state index in [4.69, 9.17) is 4.98 Å². The summed E-state index contributed by atoms with van der Waals surface area (Å²) in [5.74, 6) is 1.82. The summed E-state index contributed by atoms with van der Waals surface area (Å²) in [7, 11) is 0. The molecule has 1 aromatic heterocycles. The molecule has 1 aliphatic carbocycles. The molecule has 0 saturated heterocycles. The number of ketones is 1. The Bertz CT molecular complexity index is 476. The largest absolute Gasteiger partial charge is 0.294 e. The van der Waals surface area contributed by atoms with Crippen molar-refractivity contribution < 1.29 is 4.79 Å². The Morgan fingerprint density at radius 2 is 2.06 bits per heavy atom. The number of Topliss-reactive ketones (excluding diaryl/α,β-unsaturated/α-hetero) is 1. The van der Waals surface area contributed by atoms with Crippen LogP contribution in [0.25, 0.3) is 0 Å². The SMILES string of the molecule is CC(=O)c1cc2c(nc1C)C(C(C)C)CCC2C. The monoisotopic (exact) mass is 245 g/mol. The lowest BCUT2D eigenvalue weighted by Gasteiger charge is -2.32. The van der Waals surface area contributed by atoms with Crippen LogP contribution in [0, 0.1) is 12.8 Å². The van der Waals surface area contributed by atoms with Crippen molar-refractivity contribution in [1.82, 2.24) is 4.98 Å². The van der Waals surface area contributed by atoms with Gasteiger partial charge in [0, 0.05) is 22.9 Å². The molecule has 0 bridgehead atoms. The summed E-state index contributed by atoms with van der Waals surface area (Å²) in [6.07, 6.45) is 2.43. The van der Waals surface area contributed by atoms with Gasteiger partial charge >= 0.3 is 0 Å². The predicted octanol–water partition coefficient (Wildman–Crippen LogP) is 4.23.